The minimum atomic E-state index is -0.470. The molecule has 7 nitrogen and oxygen atoms in total. The number of carbonyl (C=O) groups excluding carboxylic acids is 1. The zero-order valence-corrected chi connectivity index (χ0v) is 20.7. The van der Waals surface area contributed by atoms with Crippen molar-refractivity contribution in [2.45, 2.75) is 33.9 Å². The summed E-state index contributed by atoms with van der Waals surface area (Å²) in [6.45, 7) is 6.37. The highest BCUT2D eigenvalue weighted by Crippen LogP contribution is 2.25. The van der Waals surface area contributed by atoms with Crippen LogP contribution < -0.4 is 10.1 Å². The van der Waals surface area contributed by atoms with Crippen LogP contribution >= 0.6 is 27.5 Å². The van der Waals surface area contributed by atoms with E-state index in [9.17, 15) is 4.79 Å². The fourth-order valence-corrected chi connectivity index (χ4v) is 3.72. The fourth-order valence-electron chi connectivity index (χ4n) is 3.26. The Kier molecular flexibility index (Phi) is 6.85. The molecule has 0 spiro atoms. The zero-order valence-electron chi connectivity index (χ0n) is 18.4. The number of halogens is 2. The van der Waals surface area contributed by atoms with Gasteiger partial charge in [0.2, 0.25) is 0 Å². The van der Waals surface area contributed by atoms with Gasteiger partial charge in [0.05, 0.1) is 12.1 Å². The molecule has 0 saturated carbocycles. The predicted octanol–water partition coefficient (Wildman–Crippen LogP) is 6.09. The first kappa shape index (κ1) is 23.1. The van der Waals surface area contributed by atoms with E-state index in [4.69, 9.17) is 20.9 Å². The summed E-state index contributed by atoms with van der Waals surface area (Å²) in [4.78, 5) is 12.9. The van der Waals surface area contributed by atoms with Crippen molar-refractivity contribution in [3.63, 3.8) is 0 Å². The first-order valence-electron chi connectivity index (χ1n) is 10.2. The van der Waals surface area contributed by atoms with Gasteiger partial charge in [-0.15, -0.1) is 0 Å². The summed E-state index contributed by atoms with van der Waals surface area (Å²) in [5.74, 6) is 1.04. The smallest absolute Gasteiger partial charge is 0.279 e. The summed E-state index contributed by atoms with van der Waals surface area (Å²) in [5.41, 5.74) is 3.84. The molecule has 2 aromatic carbocycles. The lowest BCUT2D eigenvalue weighted by Gasteiger charge is -2.10. The number of aromatic nitrogens is 3. The summed E-state index contributed by atoms with van der Waals surface area (Å²) in [6.07, 6.45) is 1.66. The van der Waals surface area contributed by atoms with Crippen LogP contribution in [-0.4, -0.2) is 20.8 Å². The summed E-state index contributed by atoms with van der Waals surface area (Å²) in [5, 5.41) is 11.4. The second-order valence-electron chi connectivity index (χ2n) is 7.73. The molecule has 0 aliphatic heterocycles. The number of aryl methyl sites for hydroxylation is 3. The van der Waals surface area contributed by atoms with Gasteiger partial charge in [-0.1, -0.05) is 57.0 Å². The van der Waals surface area contributed by atoms with E-state index in [0.29, 0.717) is 22.9 Å². The molecule has 0 unspecified atom stereocenters. The van der Waals surface area contributed by atoms with E-state index in [2.05, 4.69) is 31.5 Å². The average Bonchev–Trinajstić information content (AvgIpc) is 3.32. The third kappa shape index (κ3) is 5.46. The lowest BCUT2D eigenvalue weighted by molar-refractivity contribution is 0.101. The molecule has 0 radical (unpaired) electrons. The van der Waals surface area contributed by atoms with Crippen LogP contribution in [0, 0.1) is 20.8 Å². The normalized spacial score (nSPS) is 10.9. The minimum Gasteiger partial charge on any atom is -0.488 e. The summed E-state index contributed by atoms with van der Waals surface area (Å²) >= 11 is 9.73. The molecule has 1 N–H and O–H groups in total. The zero-order chi connectivity index (χ0) is 23.5. The number of anilines is 1. The molecule has 33 heavy (non-hydrogen) atoms. The second kappa shape index (κ2) is 9.80. The van der Waals surface area contributed by atoms with Gasteiger partial charge in [0.1, 0.15) is 23.1 Å². The number of ether oxygens (including phenoxy) is 1. The summed E-state index contributed by atoms with van der Waals surface area (Å²) < 4.78 is 13.9. The van der Waals surface area contributed by atoms with E-state index >= 15 is 0 Å². The van der Waals surface area contributed by atoms with Gasteiger partial charge in [-0.2, -0.15) is 5.10 Å². The number of hydrogen-bond acceptors (Lipinski definition) is 5. The molecule has 9 heteroatoms. The number of nitrogens with zero attached hydrogens (tertiary/aromatic N) is 3. The van der Waals surface area contributed by atoms with Crippen LogP contribution in [0.15, 0.2) is 57.7 Å². The first-order chi connectivity index (χ1) is 15.8. The van der Waals surface area contributed by atoms with Crippen molar-refractivity contribution < 1.29 is 14.1 Å². The van der Waals surface area contributed by atoms with Gasteiger partial charge in [-0.05, 0) is 55.7 Å². The lowest BCUT2D eigenvalue weighted by Crippen LogP contribution is -2.16. The van der Waals surface area contributed by atoms with E-state index in [1.807, 2.05) is 56.3 Å². The fraction of sp³-hybridized carbons (Fsp3) is 0.208. The molecule has 0 fully saturated rings. The Balaban J connectivity index is 1.47. The molecular formula is C24H22BrClN4O3. The largest absolute Gasteiger partial charge is 0.488 e. The number of nitrogens with one attached hydrogen (secondary N) is 1. The maximum absolute atomic E-state index is 12.9. The van der Waals surface area contributed by atoms with Crippen molar-refractivity contribution in [2.75, 3.05) is 5.32 Å². The van der Waals surface area contributed by atoms with Crippen LogP contribution in [-0.2, 0) is 13.2 Å². The van der Waals surface area contributed by atoms with Crippen molar-refractivity contribution in [2.24, 2.45) is 0 Å². The van der Waals surface area contributed by atoms with Gasteiger partial charge in [-0.3, -0.25) is 9.48 Å². The Morgan fingerprint density at radius 1 is 1.18 bits per heavy atom. The SMILES string of the molecule is Cc1ccc(C)c(OCc2c(C(=O)Nc3nn(Cc4ccc(Br)cc4)cc3Cl)noc2C)c1. The molecule has 4 rings (SSSR count). The van der Waals surface area contributed by atoms with Crippen molar-refractivity contribution in [3.8, 4) is 5.75 Å². The van der Waals surface area contributed by atoms with Crippen LogP contribution in [0.2, 0.25) is 5.02 Å². The monoisotopic (exact) mass is 528 g/mol. The maximum atomic E-state index is 12.9. The quantitative estimate of drug-likeness (QED) is 0.313. The van der Waals surface area contributed by atoms with Gasteiger partial charge >= 0.3 is 0 Å². The Morgan fingerprint density at radius 3 is 2.70 bits per heavy atom. The molecule has 0 bridgehead atoms. The average molecular weight is 530 g/mol. The number of rotatable bonds is 7. The lowest BCUT2D eigenvalue weighted by atomic mass is 10.1. The van der Waals surface area contributed by atoms with Crippen molar-refractivity contribution in [3.05, 3.63) is 91.9 Å². The number of amides is 1. The number of carbonyl (C=O) groups is 1. The van der Waals surface area contributed by atoms with Gasteiger partial charge in [0.15, 0.2) is 11.5 Å². The van der Waals surface area contributed by atoms with Crippen LogP contribution in [0.1, 0.15) is 38.5 Å². The van der Waals surface area contributed by atoms with Gasteiger partial charge in [-0.25, -0.2) is 0 Å². The molecule has 4 aromatic rings. The first-order valence-corrected chi connectivity index (χ1v) is 11.4. The molecule has 170 valence electrons. The van der Waals surface area contributed by atoms with Crippen LogP contribution in [0.25, 0.3) is 0 Å². The van der Waals surface area contributed by atoms with Gasteiger partial charge in [0.25, 0.3) is 5.91 Å². The highest BCUT2D eigenvalue weighted by atomic mass is 79.9. The van der Waals surface area contributed by atoms with Crippen molar-refractivity contribution >= 4 is 39.3 Å². The molecule has 0 aliphatic rings. The summed E-state index contributed by atoms with van der Waals surface area (Å²) in [6, 6.07) is 13.8. The second-order valence-corrected chi connectivity index (χ2v) is 9.05. The third-order valence-electron chi connectivity index (χ3n) is 5.12. The van der Waals surface area contributed by atoms with E-state index in [1.54, 1.807) is 17.8 Å². The highest BCUT2D eigenvalue weighted by Gasteiger charge is 2.22. The Labute approximate surface area is 204 Å². The maximum Gasteiger partial charge on any atom is 0.279 e. The van der Waals surface area contributed by atoms with E-state index < -0.39 is 5.91 Å². The Morgan fingerprint density at radius 2 is 1.94 bits per heavy atom. The third-order valence-corrected chi connectivity index (χ3v) is 5.93. The molecule has 2 heterocycles. The standard InChI is InChI=1S/C24H22BrClN4O3/c1-14-4-5-15(2)21(10-14)32-13-19-16(3)33-29-22(19)24(31)27-23-20(26)12-30(28-23)11-17-6-8-18(25)9-7-17/h4-10,12H,11,13H2,1-3H3,(H,27,28,31). The molecule has 0 atom stereocenters. The molecular weight excluding hydrogens is 508 g/mol. The predicted molar refractivity (Wildman–Crippen MR) is 130 cm³/mol. The summed E-state index contributed by atoms with van der Waals surface area (Å²) in [7, 11) is 0. The molecule has 0 saturated heterocycles. The van der Waals surface area contributed by atoms with Gasteiger partial charge in [0, 0.05) is 10.7 Å². The molecule has 0 aliphatic carbocycles. The minimum absolute atomic E-state index is 0.135. The Bertz CT molecular complexity index is 1300. The topological polar surface area (TPSA) is 82.2 Å². The Hall–Kier alpha value is -3.10. The van der Waals surface area contributed by atoms with E-state index in [-0.39, 0.29) is 18.1 Å². The van der Waals surface area contributed by atoms with Crippen molar-refractivity contribution in [1.29, 1.82) is 0 Å². The van der Waals surface area contributed by atoms with E-state index in [0.717, 1.165) is 26.9 Å². The molecule has 1 amide bonds. The highest BCUT2D eigenvalue weighted by molar-refractivity contribution is 9.10. The number of benzene rings is 2. The van der Waals surface area contributed by atoms with E-state index in [1.165, 1.54) is 0 Å². The van der Waals surface area contributed by atoms with Crippen LogP contribution in [0.5, 0.6) is 5.75 Å². The number of hydrogen-bond donors (Lipinski definition) is 1. The van der Waals surface area contributed by atoms with Gasteiger partial charge < -0.3 is 14.6 Å². The molecule has 2 aromatic heterocycles. The van der Waals surface area contributed by atoms with Crippen molar-refractivity contribution in [1.82, 2.24) is 14.9 Å². The van der Waals surface area contributed by atoms with Crippen LogP contribution in [0.4, 0.5) is 5.82 Å². The van der Waals surface area contributed by atoms with Crippen LogP contribution in [0.3, 0.4) is 0 Å².